The molecule has 2 rings (SSSR count). The van der Waals surface area contributed by atoms with Gasteiger partial charge in [-0.15, -0.1) is 0 Å². The predicted molar refractivity (Wildman–Crippen MR) is 70.7 cm³/mol. The lowest BCUT2D eigenvalue weighted by Crippen LogP contribution is -2.31. The summed E-state index contributed by atoms with van der Waals surface area (Å²) in [6, 6.07) is 9.72. The van der Waals surface area contributed by atoms with Crippen molar-refractivity contribution in [2.45, 2.75) is 13.0 Å². The van der Waals surface area contributed by atoms with Gasteiger partial charge in [-0.25, -0.2) is 0 Å². The van der Waals surface area contributed by atoms with E-state index < -0.39 is 17.4 Å². The van der Waals surface area contributed by atoms with Crippen LogP contribution in [0.5, 0.6) is 0 Å². The van der Waals surface area contributed by atoms with Gasteiger partial charge < -0.3 is 14.2 Å². The molecule has 1 saturated carbocycles. The SMILES string of the molecule is COC(=O)C1(C(=O)OC)C[C@@H]1COCc1ccccc1. The summed E-state index contributed by atoms with van der Waals surface area (Å²) in [6.07, 6.45) is 0.418. The summed E-state index contributed by atoms with van der Waals surface area (Å²) in [5.74, 6) is -1.26. The van der Waals surface area contributed by atoms with Gasteiger partial charge in [0.1, 0.15) is 0 Å². The summed E-state index contributed by atoms with van der Waals surface area (Å²) < 4.78 is 15.0. The minimum Gasteiger partial charge on any atom is -0.468 e. The number of rotatable bonds is 6. The lowest BCUT2D eigenvalue weighted by molar-refractivity contribution is -0.162. The first-order valence-electron chi connectivity index (χ1n) is 6.43. The Morgan fingerprint density at radius 2 is 1.75 bits per heavy atom. The first-order valence-corrected chi connectivity index (χ1v) is 6.43. The fourth-order valence-electron chi connectivity index (χ4n) is 2.37. The topological polar surface area (TPSA) is 61.8 Å². The molecule has 5 heteroatoms. The summed E-state index contributed by atoms with van der Waals surface area (Å²) in [5, 5.41) is 0. The van der Waals surface area contributed by atoms with E-state index in [0.29, 0.717) is 19.6 Å². The van der Waals surface area contributed by atoms with E-state index in [1.54, 1.807) is 0 Å². The third-order valence-electron chi connectivity index (χ3n) is 3.64. The second-order valence-corrected chi connectivity index (χ2v) is 4.86. The molecule has 0 amide bonds. The van der Waals surface area contributed by atoms with Gasteiger partial charge in [0, 0.05) is 5.92 Å². The Morgan fingerprint density at radius 3 is 2.30 bits per heavy atom. The van der Waals surface area contributed by atoms with Gasteiger partial charge in [-0.3, -0.25) is 9.59 Å². The lowest BCUT2D eigenvalue weighted by Gasteiger charge is -2.12. The molecule has 0 heterocycles. The van der Waals surface area contributed by atoms with Crippen LogP contribution in [0.3, 0.4) is 0 Å². The molecule has 1 atom stereocenters. The zero-order chi connectivity index (χ0) is 14.6. The van der Waals surface area contributed by atoms with Gasteiger partial charge in [-0.05, 0) is 12.0 Å². The quantitative estimate of drug-likeness (QED) is 0.583. The van der Waals surface area contributed by atoms with E-state index in [-0.39, 0.29) is 5.92 Å². The van der Waals surface area contributed by atoms with Gasteiger partial charge in [0.2, 0.25) is 0 Å². The van der Waals surface area contributed by atoms with Crippen molar-refractivity contribution in [1.29, 1.82) is 0 Å². The Labute approximate surface area is 117 Å². The summed E-state index contributed by atoms with van der Waals surface area (Å²) >= 11 is 0. The third-order valence-corrected chi connectivity index (χ3v) is 3.64. The average Bonchev–Trinajstić information content (AvgIpc) is 3.22. The van der Waals surface area contributed by atoms with Crippen molar-refractivity contribution < 1.29 is 23.8 Å². The first-order chi connectivity index (χ1) is 9.65. The molecule has 0 unspecified atom stereocenters. The highest BCUT2D eigenvalue weighted by Crippen LogP contribution is 2.54. The maximum Gasteiger partial charge on any atom is 0.323 e. The molecule has 0 saturated heterocycles. The maximum absolute atomic E-state index is 11.8. The van der Waals surface area contributed by atoms with Crippen molar-refractivity contribution in [2.75, 3.05) is 20.8 Å². The van der Waals surface area contributed by atoms with Crippen LogP contribution in [-0.4, -0.2) is 32.8 Å². The van der Waals surface area contributed by atoms with Crippen LogP contribution in [0.4, 0.5) is 0 Å². The normalized spacial score (nSPS) is 19.2. The van der Waals surface area contributed by atoms with Gasteiger partial charge in [-0.2, -0.15) is 0 Å². The predicted octanol–water partition coefficient (Wildman–Crippen LogP) is 1.56. The Hall–Kier alpha value is -1.88. The van der Waals surface area contributed by atoms with Gasteiger partial charge in [0.05, 0.1) is 27.4 Å². The summed E-state index contributed by atoms with van der Waals surface area (Å²) in [4.78, 5) is 23.5. The molecule has 108 valence electrons. The minimum atomic E-state index is -1.17. The minimum absolute atomic E-state index is 0.175. The molecule has 1 aromatic carbocycles. The third kappa shape index (κ3) is 2.67. The Balaban J connectivity index is 1.88. The summed E-state index contributed by atoms with van der Waals surface area (Å²) in [6.45, 7) is 0.787. The van der Waals surface area contributed by atoms with Crippen LogP contribution in [-0.2, 0) is 30.4 Å². The van der Waals surface area contributed by atoms with Crippen molar-refractivity contribution in [2.24, 2.45) is 11.3 Å². The van der Waals surface area contributed by atoms with Gasteiger partial charge in [-0.1, -0.05) is 30.3 Å². The second kappa shape index (κ2) is 6.05. The number of methoxy groups -OCH3 is 2. The highest BCUT2D eigenvalue weighted by molar-refractivity contribution is 6.03. The van der Waals surface area contributed by atoms with E-state index in [4.69, 9.17) is 14.2 Å². The van der Waals surface area contributed by atoms with E-state index in [0.717, 1.165) is 5.56 Å². The standard InChI is InChI=1S/C15H18O5/c1-18-13(16)15(14(17)19-2)8-12(15)10-20-9-11-6-4-3-5-7-11/h3-7,12H,8-10H2,1-2H3/t12-/m1/s1. The number of esters is 2. The van der Waals surface area contributed by atoms with Crippen molar-refractivity contribution in [1.82, 2.24) is 0 Å². The van der Waals surface area contributed by atoms with Crippen LogP contribution >= 0.6 is 0 Å². The molecule has 1 aromatic rings. The van der Waals surface area contributed by atoms with E-state index in [1.165, 1.54) is 14.2 Å². The number of hydrogen-bond acceptors (Lipinski definition) is 5. The fourth-order valence-corrected chi connectivity index (χ4v) is 2.37. The van der Waals surface area contributed by atoms with Crippen molar-refractivity contribution >= 4 is 11.9 Å². The second-order valence-electron chi connectivity index (χ2n) is 4.86. The van der Waals surface area contributed by atoms with Crippen LogP contribution < -0.4 is 0 Å². The largest absolute Gasteiger partial charge is 0.468 e. The summed E-state index contributed by atoms with van der Waals surface area (Å²) in [5.41, 5.74) is -0.116. The van der Waals surface area contributed by atoms with E-state index >= 15 is 0 Å². The van der Waals surface area contributed by atoms with Crippen LogP contribution in [0, 0.1) is 11.3 Å². The molecule has 0 bridgehead atoms. The van der Waals surface area contributed by atoms with Gasteiger partial charge in [0.25, 0.3) is 0 Å². The molecule has 20 heavy (non-hydrogen) atoms. The van der Waals surface area contributed by atoms with Gasteiger partial charge >= 0.3 is 11.9 Å². The molecule has 0 spiro atoms. The lowest BCUT2D eigenvalue weighted by atomic mass is 10.1. The van der Waals surface area contributed by atoms with Crippen LogP contribution in [0.15, 0.2) is 30.3 Å². The number of hydrogen-bond donors (Lipinski definition) is 0. The monoisotopic (exact) mass is 278 g/mol. The molecular weight excluding hydrogens is 260 g/mol. The molecule has 0 N–H and O–H groups in total. The number of carbonyl (C=O) groups is 2. The van der Waals surface area contributed by atoms with Crippen molar-refractivity contribution in [3.05, 3.63) is 35.9 Å². The highest BCUT2D eigenvalue weighted by Gasteiger charge is 2.67. The molecule has 0 aromatic heterocycles. The number of benzene rings is 1. The first kappa shape index (κ1) is 14.5. The number of carbonyl (C=O) groups excluding carboxylic acids is 2. The zero-order valence-electron chi connectivity index (χ0n) is 11.6. The van der Waals surface area contributed by atoms with Crippen LogP contribution in [0.1, 0.15) is 12.0 Å². The average molecular weight is 278 g/mol. The molecule has 1 fully saturated rings. The van der Waals surface area contributed by atoms with Crippen molar-refractivity contribution in [3.8, 4) is 0 Å². The smallest absolute Gasteiger partial charge is 0.323 e. The van der Waals surface area contributed by atoms with Crippen molar-refractivity contribution in [3.63, 3.8) is 0 Å². The zero-order valence-corrected chi connectivity index (χ0v) is 11.6. The van der Waals surface area contributed by atoms with Gasteiger partial charge in [0.15, 0.2) is 5.41 Å². The Morgan fingerprint density at radius 1 is 1.15 bits per heavy atom. The van der Waals surface area contributed by atoms with Crippen LogP contribution in [0.2, 0.25) is 0 Å². The summed E-state index contributed by atoms with van der Waals surface area (Å²) in [7, 11) is 2.54. The molecular formula is C15H18O5. The van der Waals surface area contributed by atoms with E-state index in [2.05, 4.69) is 0 Å². The molecule has 0 aliphatic heterocycles. The highest BCUT2D eigenvalue weighted by atomic mass is 16.5. The van der Waals surface area contributed by atoms with E-state index in [1.807, 2.05) is 30.3 Å². The molecule has 0 radical (unpaired) electrons. The number of ether oxygens (including phenoxy) is 3. The van der Waals surface area contributed by atoms with Crippen LogP contribution in [0.25, 0.3) is 0 Å². The fraction of sp³-hybridized carbons (Fsp3) is 0.467. The maximum atomic E-state index is 11.8. The molecule has 1 aliphatic carbocycles. The molecule has 1 aliphatic rings. The Bertz CT molecular complexity index is 466. The Kier molecular flexibility index (Phi) is 4.39. The molecule has 5 nitrogen and oxygen atoms in total. The van der Waals surface area contributed by atoms with E-state index in [9.17, 15) is 9.59 Å².